The van der Waals surface area contributed by atoms with E-state index >= 15 is 0 Å². The first-order chi connectivity index (χ1) is 16.1. The van der Waals surface area contributed by atoms with Crippen LogP contribution in [0.5, 0.6) is 0 Å². The predicted molar refractivity (Wildman–Crippen MR) is 130 cm³/mol. The summed E-state index contributed by atoms with van der Waals surface area (Å²) in [6.07, 6.45) is 3.00. The summed E-state index contributed by atoms with van der Waals surface area (Å²) in [5.74, 6) is 0.175. The van der Waals surface area contributed by atoms with Gasteiger partial charge in [0.05, 0.1) is 16.7 Å². The van der Waals surface area contributed by atoms with E-state index in [1.165, 1.54) is 16.3 Å². The van der Waals surface area contributed by atoms with E-state index in [2.05, 4.69) is 10.3 Å². The van der Waals surface area contributed by atoms with E-state index < -0.39 is 0 Å². The maximum Gasteiger partial charge on any atom is 0.262 e. The zero-order valence-electron chi connectivity index (χ0n) is 18.5. The molecule has 2 amide bonds. The van der Waals surface area contributed by atoms with Crippen LogP contribution in [0.4, 0.5) is 0 Å². The molecule has 172 valence electrons. The molecular formula is C25H28N4O3S. The summed E-state index contributed by atoms with van der Waals surface area (Å²) in [5, 5.41) is 3.91. The van der Waals surface area contributed by atoms with E-state index in [1.54, 1.807) is 18.2 Å². The average Bonchev–Trinajstić information content (AvgIpc) is 3.38. The molecule has 2 heterocycles. The fraction of sp³-hybridized carbons (Fsp3) is 0.360. The second-order valence-electron chi connectivity index (χ2n) is 8.08. The van der Waals surface area contributed by atoms with Crippen molar-refractivity contribution in [2.75, 3.05) is 25.4 Å². The van der Waals surface area contributed by atoms with Gasteiger partial charge in [0.2, 0.25) is 11.8 Å². The van der Waals surface area contributed by atoms with E-state index in [0.29, 0.717) is 22.6 Å². The molecule has 0 spiro atoms. The molecule has 7 nitrogen and oxygen atoms in total. The van der Waals surface area contributed by atoms with Crippen LogP contribution < -0.4 is 10.9 Å². The van der Waals surface area contributed by atoms with Gasteiger partial charge in [0, 0.05) is 32.6 Å². The minimum absolute atomic E-state index is 0.0603. The van der Waals surface area contributed by atoms with Crippen LogP contribution in [0.2, 0.25) is 0 Å². The van der Waals surface area contributed by atoms with Crippen LogP contribution in [0, 0.1) is 0 Å². The number of fused-ring (bicyclic) bond motifs is 1. The Balaban J connectivity index is 1.42. The Bertz CT molecular complexity index is 1170. The Morgan fingerprint density at radius 1 is 1.00 bits per heavy atom. The van der Waals surface area contributed by atoms with Crippen molar-refractivity contribution >= 4 is 34.5 Å². The Morgan fingerprint density at radius 2 is 1.73 bits per heavy atom. The number of thioether (sulfide) groups is 1. The predicted octanol–water partition coefficient (Wildman–Crippen LogP) is 2.86. The van der Waals surface area contributed by atoms with Gasteiger partial charge < -0.3 is 10.2 Å². The summed E-state index contributed by atoms with van der Waals surface area (Å²) in [7, 11) is 0. The molecule has 0 aliphatic carbocycles. The first-order valence-corrected chi connectivity index (χ1v) is 12.3. The molecule has 0 saturated carbocycles. The second kappa shape index (κ2) is 11.1. The Kier molecular flexibility index (Phi) is 7.78. The lowest BCUT2D eigenvalue weighted by molar-refractivity contribution is -0.127. The number of nitrogens with zero attached hydrogens (tertiary/aromatic N) is 3. The van der Waals surface area contributed by atoms with Crippen molar-refractivity contribution in [2.24, 2.45) is 0 Å². The minimum Gasteiger partial charge on any atom is -0.356 e. The number of carbonyl (C=O) groups excluding carboxylic acids is 2. The molecule has 4 rings (SSSR count). The Labute approximate surface area is 197 Å². The first kappa shape index (κ1) is 23.0. The van der Waals surface area contributed by atoms with Crippen molar-refractivity contribution in [3.05, 3.63) is 70.5 Å². The van der Waals surface area contributed by atoms with Crippen LogP contribution in [0.3, 0.4) is 0 Å². The molecular weight excluding hydrogens is 436 g/mol. The summed E-state index contributed by atoms with van der Waals surface area (Å²) in [4.78, 5) is 44.6. The molecule has 1 saturated heterocycles. The van der Waals surface area contributed by atoms with Crippen molar-refractivity contribution in [1.29, 1.82) is 0 Å². The molecule has 0 bridgehead atoms. The van der Waals surface area contributed by atoms with Crippen molar-refractivity contribution in [3.8, 4) is 0 Å². The third-order valence-corrected chi connectivity index (χ3v) is 6.71. The summed E-state index contributed by atoms with van der Waals surface area (Å²) in [6.45, 7) is 2.34. The molecule has 1 aliphatic heterocycles. The minimum atomic E-state index is -0.186. The van der Waals surface area contributed by atoms with E-state index in [9.17, 15) is 14.4 Å². The monoisotopic (exact) mass is 464 g/mol. The molecule has 8 heteroatoms. The highest BCUT2D eigenvalue weighted by molar-refractivity contribution is 7.99. The van der Waals surface area contributed by atoms with Gasteiger partial charge in [-0.1, -0.05) is 54.2 Å². The topological polar surface area (TPSA) is 84.3 Å². The highest BCUT2D eigenvalue weighted by Gasteiger charge is 2.20. The maximum atomic E-state index is 13.1. The largest absolute Gasteiger partial charge is 0.356 e. The number of carbonyl (C=O) groups is 2. The third-order valence-electron chi connectivity index (χ3n) is 5.75. The van der Waals surface area contributed by atoms with Gasteiger partial charge in [0.15, 0.2) is 5.16 Å². The van der Waals surface area contributed by atoms with Gasteiger partial charge in [-0.2, -0.15) is 0 Å². The van der Waals surface area contributed by atoms with E-state index in [-0.39, 0.29) is 36.1 Å². The standard InChI is InChI=1S/C25H28N4O3S/c30-22(26-14-12-19-8-2-1-3-9-19)13-17-29-24(32)20-10-4-5-11-21(20)27-25(29)33-18-23(31)28-15-6-7-16-28/h1-5,8-11H,6-7,12-18H2,(H,26,30). The van der Waals surface area contributed by atoms with Crippen molar-refractivity contribution in [1.82, 2.24) is 19.8 Å². The van der Waals surface area contributed by atoms with Crippen molar-refractivity contribution in [2.45, 2.75) is 37.4 Å². The van der Waals surface area contributed by atoms with Gasteiger partial charge >= 0.3 is 0 Å². The molecule has 33 heavy (non-hydrogen) atoms. The molecule has 1 aliphatic rings. The molecule has 1 fully saturated rings. The smallest absolute Gasteiger partial charge is 0.262 e. The first-order valence-electron chi connectivity index (χ1n) is 11.3. The van der Waals surface area contributed by atoms with Crippen LogP contribution in [-0.4, -0.2) is 51.7 Å². The lowest BCUT2D eigenvalue weighted by atomic mass is 10.1. The molecule has 0 radical (unpaired) electrons. The quantitative estimate of drug-likeness (QED) is 0.389. The molecule has 0 unspecified atom stereocenters. The van der Waals surface area contributed by atoms with E-state index in [4.69, 9.17) is 0 Å². The number of hydrogen-bond donors (Lipinski definition) is 1. The third kappa shape index (κ3) is 6.01. The number of hydrogen-bond acceptors (Lipinski definition) is 5. The summed E-state index contributed by atoms with van der Waals surface area (Å²) in [5.41, 5.74) is 1.57. The van der Waals surface area contributed by atoms with Crippen LogP contribution in [0.1, 0.15) is 24.8 Å². The van der Waals surface area contributed by atoms with Crippen LogP contribution >= 0.6 is 11.8 Å². The SMILES string of the molecule is O=C(CCn1c(SCC(=O)N2CCCC2)nc2ccccc2c1=O)NCCc1ccccc1. The molecule has 1 N–H and O–H groups in total. The Morgan fingerprint density at radius 3 is 2.52 bits per heavy atom. The van der Waals surface area contributed by atoms with Gasteiger partial charge in [-0.3, -0.25) is 19.0 Å². The molecule has 3 aromatic rings. The second-order valence-corrected chi connectivity index (χ2v) is 9.02. The highest BCUT2D eigenvalue weighted by atomic mass is 32.2. The fourth-order valence-electron chi connectivity index (χ4n) is 3.93. The number of para-hydroxylation sites is 1. The number of amides is 2. The van der Waals surface area contributed by atoms with E-state index in [1.807, 2.05) is 41.3 Å². The lowest BCUT2D eigenvalue weighted by Gasteiger charge is -2.16. The maximum absolute atomic E-state index is 13.1. The normalized spacial score (nSPS) is 13.4. The van der Waals surface area contributed by atoms with Gasteiger partial charge in [0.1, 0.15) is 0 Å². The van der Waals surface area contributed by atoms with Crippen LogP contribution in [0.15, 0.2) is 64.5 Å². The highest BCUT2D eigenvalue weighted by Crippen LogP contribution is 2.20. The van der Waals surface area contributed by atoms with Crippen LogP contribution in [-0.2, 0) is 22.6 Å². The van der Waals surface area contributed by atoms with Crippen molar-refractivity contribution < 1.29 is 9.59 Å². The number of aromatic nitrogens is 2. The summed E-state index contributed by atoms with van der Waals surface area (Å²) >= 11 is 1.27. The average molecular weight is 465 g/mol. The van der Waals surface area contributed by atoms with E-state index in [0.717, 1.165) is 37.9 Å². The van der Waals surface area contributed by atoms with Crippen molar-refractivity contribution in [3.63, 3.8) is 0 Å². The molecule has 1 aromatic heterocycles. The zero-order valence-corrected chi connectivity index (χ0v) is 19.4. The zero-order chi connectivity index (χ0) is 23.0. The van der Waals surface area contributed by atoms with Crippen LogP contribution in [0.25, 0.3) is 10.9 Å². The van der Waals surface area contributed by atoms with Gasteiger partial charge in [-0.15, -0.1) is 0 Å². The number of likely N-dealkylation sites (tertiary alicyclic amines) is 1. The van der Waals surface area contributed by atoms with Gasteiger partial charge in [-0.05, 0) is 37.0 Å². The number of rotatable bonds is 9. The summed E-state index contributed by atoms with van der Waals surface area (Å²) < 4.78 is 1.53. The molecule has 2 aromatic carbocycles. The number of nitrogens with one attached hydrogen (secondary N) is 1. The fourth-order valence-corrected chi connectivity index (χ4v) is 4.86. The molecule has 0 atom stereocenters. The van der Waals surface area contributed by atoms with Gasteiger partial charge in [-0.25, -0.2) is 4.98 Å². The summed E-state index contributed by atoms with van der Waals surface area (Å²) in [6, 6.07) is 17.1. The lowest BCUT2D eigenvalue weighted by Crippen LogP contribution is -2.31. The van der Waals surface area contributed by atoms with Gasteiger partial charge in [0.25, 0.3) is 5.56 Å². The number of benzene rings is 2. The Hall–Kier alpha value is -3.13.